The molecular weight excluding hydrogens is 333 g/mol. The van der Waals surface area contributed by atoms with E-state index in [2.05, 4.69) is 28.2 Å². The molecule has 0 saturated heterocycles. The quantitative estimate of drug-likeness (QED) is 0.815. The van der Waals surface area contributed by atoms with Crippen molar-refractivity contribution in [1.29, 1.82) is 0 Å². The van der Waals surface area contributed by atoms with E-state index in [1.54, 1.807) is 13.2 Å². The van der Waals surface area contributed by atoms with Crippen LogP contribution in [0.2, 0.25) is 0 Å². The number of methoxy groups -OCH3 is 1. The van der Waals surface area contributed by atoms with Crippen LogP contribution in [0.5, 0.6) is 5.75 Å². The van der Waals surface area contributed by atoms with Gasteiger partial charge in [0.2, 0.25) is 0 Å². The normalized spacial score (nSPS) is 12.2. The minimum Gasteiger partial charge on any atom is -0.497 e. The van der Waals surface area contributed by atoms with E-state index in [0.29, 0.717) is 5.56 Å². The van der Waals surface area contributed by atoms with Crippen LogP contribution in [-0.4, -0.2) is 13.7 Å². The first-order chi connectivity index (χ1) is 10.2. The van der Waals surface area contributed by atoms with Crippen molar-refractivity contribution in [3.8, 4) is 5.75 Å². The first-order valence-electron chi connectivity index (χ1n) is 6.98. The molecule has 2 aromatic rings. The van der Waals surface area contributed by atoms with Crippen molar-refractivity contribution < 1.29 is 9.13 Å². The van der Waals surface area contributed by atoms with Crippen LogP contribution >= 0.6 is 15.9 Å². The number of ether oxygens (including phenoxy) is 1. The summed E-state index contributed by atoms with van der Waals surface area (Å²) in [5.41, 5.74) is 1.62. The molecule has 0 bridgehead atoms. The van der Waals surface area contributed by atoms with E-state index in [4.69, 9.17) is 4.74 Å². The van der Waals surface area contributed by atoms with E-state index in [9.17, 15) is 4.39 Å². The van der Waals surface area contributed by atoms with Gasteiger partial charge in [0, 0.05) is 10.0 Å². The zero-order valence-corrected chi connectivity index (χ0v) is 13.8. The summed E-state index contributed by atoms with van der Waals surface area (Å²) >= 11 is 3.41. The number of nitrogens with one attached hydrogen (secondary N) is 1. The third kappa shape index (κ3) is 4.05. The summed E-state index contributed by atoms with van der Waals surface area (Å²) in [6, 6.07) is 12.5. The molecule has 0 heterocycles. The van der Waals surface area contributed by atoms with Crippen molar-refractivity contribution in [1.82, 2.24) is 5.32 Å². The number of halogens is 2. The summed E-state index contributed by atoms with van der Waals surface area (Å²) in [5.74, 6) is 0.556. The number of rotatable bonds is 6. The summed E-state index contributed by atoms with van der Waals surface area (Å²) in [7, 11) is 1.63. The van der Waals surface area contributed by atoms with Crippen molar-refractivity contribution >= 4 is 15.9 Å². The number of benzene rings is 2. The predicted octanol–water partition coefficient (Wildman–Crippen LogP) is 4.69. The van der Waals surface area contributed by atoms with Gasteiger partial charge in [0.1, 0.15) is 11.6 Å². The molecule has 112 valence electrons. The van der Waals surface area contributed by atoms with Crippen LogP contribution in [0.4, 0.5) is 4.39 Å². The van der Waals surface area contributed by atoms with Gasteiger partial charge in [-0.1, -0.05) is 35.0 Å². The molecule has 0 radical (unpaired) electrons. The summed E-state index contributed by atoms with van der Waals surface area (Å²) in [4.78, 5) is 0. The molecule has 0 fully saturated rings. The molecule has 2 nitrogen and oxygen atoms in total. The Morgan fingerprint density at radius 1 is 1.24 bits per heavy atom. The van der Waals surface area contributed by atoms with E-state index in [-0.39, 0.29) is 11.9 Å². The molecule has 0 aliphatic heterocycles. The molecule has 0 aliphatic rings. The summed E-state index contributed by atoms with van der Waals surface area (Å²) in [5, 5.41) is 3.40. The summed E-state index contributed by atoms with van der Waals surface area (Å²) in [6.45, 7) is 2.90. The maximum absolute atomic E-state index is 14.2. The van der Waals surface area contributed by atoms with E-state index in [0.717, 1.165) is 28.8 Å². The van der Waals surface area contributed by atoms with E-state index >= 15 is 0 Å². The maximum atomic E-state index is 14.2. The zero-order valence-electron chi connectivity index (χ0n) is 12.2. The van der Waals surface area contributed by atoms with Gasteiger partial charge in [-0.15, -0.1) is 0 Å². The van der Waals surface area contributed by atoms with Crippen molar-refractivity contribution in [3.63, 3.8) is 0 Å². The fraction of sp³-hybridized carbons (Fsp3) is 0.294. The average molecular weight is 352 g/mol. The minimum atomic E-state index is -0.213. The van der Waals surface area contributed by atoms with Crippen molar-refractivity contribution in [2.75, 3.05) is 13.7 Å². The Labute approximate surface area is 133 Å². The molecule has 2 rings (SSSR count). The summed E-state index contributed by atoms with van der Waals surface area (Å²) < 4.78 is 20.4. The van der Waals surface area contributed by atoms with Crippen LogP contribution in [0.3, 0.4) is 0 Å². The third-order valence-corrected chi connectivity index (χ3v) is 3.79. The Hall–Kier alpha value is -1.39. The Morgan fingerprint density at radius 2 is 2.05 bits per heavy atom. The lowest BCUT2D eigenvalue weighted by Gasteiger charge is -2.21. The predicted molar refractivity (Wildman–Crippen MR) is 87.2 cm³/mol. The van der Waals surface area contributed by atoms with Gasteiger partial charge in [0.15, 0.2) is 0 Å². The van der Waals surface area contributed by atoms with Gasteiger partial charge >= 0.3 is 0 Å². The zero-order chi connectivity index (χ0) is 15.2. The van der Waals surface area contributed by atoms with Crippen LogP contribution in [0.15, 0.2) is 46.9 Å². The lowest BCUT2D eigenvalue weighted by molar-refractivity contribution is 0.413. The van der Waals surface area contributed by atoms with E-state index in [1.807, 2.05) is 30.3 Å². The first-order valence-corrected chi connectivity index (χ1v) is 7.77. The lowest BCUT2D eigenvalue weighted by Crippen LogP contribution is -2.24. The largest absolute Gasteiger partial charge is 0.497 e. The molecule has 2 aromatic carbocycles. The molecule has 0 amide bonds. The highest BCUT2D eigenvalue weighted by Crippen LogP contribution is 2.29. The van der Waals surface area contributed by atoms with Gasteiger partial charge < -0.3 is 10.1 Å². The SMILES string of the molecule is CCCNC(c1cccc(OC)c1)c1cc(Br)ccc1F. The first kappa shape index (κ1) is 16.0. The van der Waals surface area contributed by atoms with Crippen molar-refractivity contribution in [2.45, 2.75) is 19.4 Å². The van der Waals surface area contributed by atoms with E-state index in [1.165, 1.54) is 6.07 Å². The molecular formula is C17H19BrFNO. The monoisotopic (exact) mass is 351 g/mol. The van der Waals surface area contributed by atoms with Gasteiger partial charge in [0.05, 0.1) is 13.2 Å². The standard InChI is InChI=1S/C17H19BrFNO/c1-3-9-20-17(12-5-4-6-14(10-12)21-2)15-11-13(18)7-8-16(15)19/h4-8,10-11,17,20H,3,9H2,1-2H3. The molecule has 1 unspecified atom stereocenters. The van der Waals surface area contributed by atoms with Crippen LogP contribution in [0, 0.1) is 5.82 Å². The smallest absolute Gasteiger partial charge is 0.128 e. The van der Waals surface area contributed by atoms with Gasteiger partial charge in [0.25, 0.3) is 0 Å². The van der Waals surface area contributed by atoms with Crippen LogP contribution in [0.25, 0.3) is 0 Å². The van der Waals surface area contributed by atoms with Gasteiger partial charge in [-0.05, 0) is 48.9 Å². The Morgan fingerprint density at radius 3 is 2.76 bits per heavy atom. The van der Waals surface area contributed by atoms with Crippen molar-refractivity contribution in [3.05, 3.63) is 63.9 Å². The van der Waals surface area contributed by atoms with Crippen LogP contribution in [-0.2, 0) is 0 Å². The highest BCUT2D eigenvalue weighted by atomic mass is 79.9. The average Bonchev–Trinajstić information content (AvgIpc) is 2.51. The fourth-order valence-corrected chi connectivity index (χ4v) is 2.63. The lowest BCUT2D eigenvalue weighted by atomic mass is 9.98. The Balaban J connectivity index is 2.44. The second-order valence-electron chi connectivity index (χ2n) is 4.83. The highest BCUT2D eigenvalue weighted by Gasteiger charge is 2.18. The Kier molecular flexibility index (Phi) is 5.76. The minimum absolute atomic E-state index is 0.197. The maximum Gasteiger partial charge on any atom is 0.128 e. The molecule has 1 atom stereocenters. The summed E-state index contributed by atoms with van der Waals surface area (Å²) in [6.07, 6.45) is 0.982. The molecule has 0 aliphatic carbocycles. The molecule has 21 heavy (non-hydrogen) atoms. The molecule has 0 aromatic heterocycles. The molecule has 0 spiro atoms. The van der Waals surface area contributed by atoms with E-state index < -0.39 is 0 Å². The van der Waals surface area contributed by atoms with Crippen LogP contribution < -0.4 is 10.1 Å². The number of hydrogen-bond donors (Lipinski definition) is 1. The Bertz CT molecular complexity index is 603. The van der Waals surface area contributed by atoms with Crippen molar-refractivity contribution in [2.24, 2.45) is 0 Å². The third-order valence-electron chi connectivity index (χ3n) is 3.29. The fourth-order valence-electron chi connectivity index (χ4n) is 2.25. The second-order valence-corrected chi connectivity index (χ2v) is 5.75. The second kappa shape index (κ2) is 7.57. The molecule has 1 N–H and O–H groups in total. The highest BCUT2D eigenvalue weighted by molar-refractivity contribution is 9.10. The topological polar surface area (TPSA) is 21.3 Å². The number of hydrogen-bond acceptors (Lipinski definition) is 2. The molecule has 4 heteroatoms. The molecule has 0 saturated carbocycles. The van der Waals surface area contributed by atoms with Gasteiger partial charge in [-0.3, -0.25) is 0 Å². The van der Waals surface area contributed by atoms with Crippen LogP contribution in [0.1, 0.15) is 30.5 Å². The van der Waals surface area contributed by atoms with Gasteiger partial charge in [-0.25, -0.2) is 4.39 Å². The van der Waals surface area contributed by atoms with Gasteiger partial charge in [-0.2, -0.15) is 0 Å².